The van der Waals surface area contributed by atoms with E-state index in [0.717, 1.165) is 12.5 Å². The third-order valence-corrected chi connectivity index (χ3v) is 2.40. The first-order chi connectivity index (χ1) is 4.88. The first kappa shape index (κ1) is 8.02. The maximum absolute atomic E-state index is 5.59. The summed E-state index contributed by atoms with van der Waals surface area (Å²) in [5.41, 5.74) is 5.59. The van der Waals surface area contributed by atoms with Gasteiger partial charge in [0.2, 0.25) is 0 Å². The smallest absolute Gasteiger partial charge is 0.0218 e. The molecule has 0 radical (unpaired) electrons. The molecule has 0 bridgehead atoms. The Morgan fingerprint density at radius 1 is 1.60 bits per heavy atom. The van der Waals surface area contributed by atoms with Crippen molar-refractivity contribution in [2.75, 3.05) is 13.1 Å². The van der Waals surface area contributed by atoms with Crippen molar-refractivity contribution in [2.45, 2.75) is 32.2 Å². The van der Waals surface area contributed by atoms with Gasteiger partial charge in [-0.15, -0.1) is 0 Å². The SMILES string of the molecule is CCCC1CCNC1CN. The van der Waals surface area contributed by atoms with Gasteiger partial charge in [0.15, 0.2) is 0 Å². The second-order valence-corrected chi connectivity index (χ2v) is 3.13. The lowest BCUT2D eigenvalue weighted by atomic mass is 9.96. The minimum absolute atomic E-state index is 0.611. The Morgan fingerprint density at radius 3 is 3.00 bits per heavy atom. The van der Waals surface area contributed by atoms with Crippen LogP contribution in [0.3, 0.4) is 0 Å². The van der Waals surface area contributed by atoms with Crippen molar-refractivity contribution < 1.29 is 0 Å². The summed E-state index contributed by atoms with van der Waals surface area (Å²) in [6, 6.07) is 0.611. The van der Waals surface area contributed by atoms with Crippen molar-refractivity contribution in [3.63, 3.8) is 0 Å². The normalized spacial score (nSPS) is 33.0. The summed E-state index contributed by atoms with van der Waals surface area (Å²) in [7, 11) is 0. The zero-order valence-electron chi connectivity index (χ0n) is 6.77. The van der Waals surface area contributed by atoms with Crippen LogP contribution in [0.25, 0.3) is 0 Å². The number of hydrogen-bond donors (Lipinski definition) is 2. The molecule has 1 aliphatic heterocycles. The van der Waals surface area contributed by atoms with Gasteiger partial charge in [-0.3, -0.25) is 0 Å². The van der Waals surface area contributed by atoms with E-state index in [2.05, 4.69) is 12.2 Å². The largest absolute Gasteiger partial charge is 0.329 e. The van der Waals surface area contributed by atoms with E-state index < -0.39 is 0 Å². The van der Waals surface area contributed by atoms with Gasteiger partial charge in [-0.1, -0.05) is 13.3 Å². The molecule has 0 amide bonds. The lowest BCUT2D eigenvalue weighted by molar-refractivity contribution is 0.422. The van der Waals surface area contributed by atoms with Crippen LogP contribution in [-0.2, 0) is 0 Å². The molecule has 1 heterocycles. The van der Waals surface area contributed by atoms with Crippen LogP contribution in [0.2, 0.25) is 0 Å². The topological polar surface area (TPSA) is 38.0 Å². The highest BCUT2D eigenvalue weighted by atomic mass is 15.0. The highest BCUT2D eigenvalue weighted by Gasteiger charge is 2.23. The second-order valence-electron chi connectivity index (χ2n) is 3.13. The highest BCUT2D eigenvalue weighted by molar-refractivity contribution is 4.83. The summed E-state index contributed by atoms with van der Waals surface area (Å²) < 4.78 is 0. The summed E-state index contributed by atoms with van der Waals surface area (Å²) in [5.74, 6) is 0.856. The summed E-state index contributed by atoms with van der Waals surface area (Å²) in [6.07, 6.45) is 3.97. The molecule has 3 N–H and O–H groups in total. The van der Waals surface area contributed by atoms with Gasteiger partial charge in [-0.05, 0) is 25.3 Å². The Morgan fingerprint density at radius 2 is 2.40 bits per heavy atom. The van der Waals surface area contributed by atoms with Gasteiger partial charge in [0.05, 0.1) is 0 Å². The van der Waals surface area contributed by atoms with Crippen molar-refractivity contribution in [3.05, 3.63) is 0 Å². The first-order valence-corrected chi connectivity index (χ1v) is 4.32. The molecule has 0 saturated carbocycles. The fraction of sp³-hybridized carbons (Fsp3) is 1.00. The Labute approximate surface area is 63.2 Å². The predicted octanol–water partition coefficient (Wildman–Crippen LogP) is 0.723. The van der Waals surface area contributed by atoms with E-state index in [1.165, 1.54) is 25.8 Å². The van der Waals surface area contributed by atoms with Gasteiger partial charge in [-0.2, -0.15) is 0 Å². The standard InChI is InChI=1S/C8H18N2/c1-2-3-7-4-5-10-8(7)6-9/h7-8,10H,2-6,9H2,1H3. The molecule has 1 saturated heterocycles. The van der Waals surface area contributed by atoms with Crippen LogP contribution >= 0.6 is 0 Å². The molecule has 2 heteroatoms. The number of hydrogen-bond acceptors (Lipinski definition) is 2. The van der Waals surface area contributed by atoms with Gasteiger partial charge in [0.1, 0.15) is 0 Å². The van der Waals surface area contributed by atoms with Gasteiger partial charge in [-0.25, -0.2) is 0 Å². The average Bonchev–Trinajstić information content (AvgIpc) is 2.36. The zero-order valence-corrected chi connectivity index (χ0v) is 6.77. The molecule has 0 spiro atoms. The third kappa shape index (κ3) is 1.70. The number of nitrogens with two attached hydrogens (primary N) is 1. The maximum Gasteiger partial charge on any atom is 0.0218 e. The minimum atomic E-state index is 0.611. The summed E-state index contributed by atoms with van der Waals surface area (Å²) in [5, 5.41) is 3.42. The minimum Gasteiger partial charge on any atom is -0.329 e. The van der Waals surface area contributed by atoms with Crippen LogP contribution in [0.5, 0.6) is 0 Å². The summed E-state index contributed by atoms with van der Waals surface area (Å²) in [4.78, 5) is 0. The lowest BCUT2D eigenvalue weighted by Gasteiger charge is -2.15. The number of nitrogens with one attached hydrogen (secondary N) is 1. The molecule has 1 aliphatic rings. The lowest BCUT2D eigenvalue weighted by Crippen LogP contribution is -2.34. The fourth-order valence-electron chi connectivity index (χ4n) is 1.81. The Bertz CT molecular complexity index is 93.3. The van der Waals surface area contributed by atoms with Gasteiger partial charge in [0, 0.05) is 12.6 Å². The molecule has 2 unspecified atom stereocenters. The van der Waals surface area contributed by atoms with Gasteiger partial charge in [0.25, 0.3) is 0 Å². The molecule has 0 aromatic heterocycles. The van der Waals surface area contributed by atoms with Crippen LogP contribution in [0.1, 0.15) is 26.2 Å². The van der Waals surface area contributed by atoms with E-state index in [1.54, 1.807) is 0 Å². The summed E-state index contributed by atoms with van der Waals surface area (Å²) >= 11 is 0. The van der Waals surface area contributed by atoms with Crippen LogP contribution in [-0.4, -0.2) is 19.1 Å². The predicted molar refractivity (Wildman–Crippen MR) is 43.9 cm³/mol. The molecule has 1 rings (SSSR count). The molecule has 0 aromatic rings. The Balaban J connectivity index is 2.27. The molecular formula is C8H18N2. The zero-order chi connectivity index (χ0) is 7.40. The van der Waals surface area contributed by atoms with Crippen LogP contribution in [0.4, 0.5) is 0 Å². The van der Waals surface area contributed by atoms with E-state index in [-0.39, 0.29) is 0 Å². The van der Waals surface area contributed by atoms with Gasteiger partial charge < -0.3 is 11.1 Å². The maximum atomic E-state index is 5.59. The number of rotatable bonds is 3. The highest BCUT2D eigenvalue weighted by Crippen LogP contribution is 2.19. The van der Waals surface area contributed by atoms with Crippen LogP contribution in [0.15, 0.2) is 0 Å². The van der Waals surface area contributed by atoms with Crippen molar-refractivity contribution in [3.8, 4) is 0 Å². The van der Waals surface area contributed by atoms with Gasteiger partial charge >= 0.3 is 0 Å². The van der Waals surface area contributed by atoms with Crippen molar-refractivity contribution in [2.24, 2.45) is 11.7 Å². The average molecular weight is 142 g/mol. The fourth-order valence-corrected chi connectivity index (χ4v) is 1.81. The molecule has 0 aliphatic carbocycles. The molecule has 1 fully saturated rings. The monoisotopic (exact) mass is 142 g/mol. The van der Waals surface area contributed by atoms with Crippen molar-refractivity contribution >= 4 is 0 Å². The molecule has 10 heavy (non-hydrogen) atoms. The van der Waals surface area contributed by atoms with E-state index in [0.29, 0.717) is 6.04 Å². The molecule has 60 valence electrons. The first-order valence-electron chi connectivity index (χ1n) is 4.32. The molecule has 0 aromatic carbocycles. The van der Waals surface area contributed by atoms with E-state index in [1.807, 2.05) is 0 Å². The Hall–Kier alpha value is -0.0800. The van der Waals surface area contributed by atoms with E-state index >= 15 is 0 Å². The summed E-state index contributed by atoms with van der Waals surface area (Å²) in [6.45, 7) is 4.23. The second kappa shape index (κ2) is 3.94. The van der Waals surface area contributed by atoms with Crippen molar-refractivity contribution in [1.82, 2.24) is 5.32 Å². The quantitative estimate of drug-likeness (QED) is 0.609. The molecular weight excluding hydrogens is 124 g/mol. The van der Waals surface area contributed by atoms with Crippen LogP contribution in [0, 0.1) is 5.92 Å². The van der Waals surface area contributed by atoms with E-state index in [4.69, 9.17) is 5.73 Å². The molecule has 2 atom stereocenters. The third-order valence-electron chi connectivity index (χ3n) is 2.40. The van der Waals surface area contributed by atoms with Crippen molar-refractivity contribution in [1.29, 1.82) is 0 Å². The molecule has 2 nitrogen and oxygen atoms in total. The Kier molecular flexibility index (Phi) is 3.16. The van der Waals surface area contributed by atoms with Crippen LogP contribution < -0.4 is 11.1 Å². The van der Waals surface area contributed by atoms with E-state index in [9.17, 15) is 0 Å².